The van der Waals surface area contributed by atoms with Crippen LogP contribution in [-0.2, 0) is 4.74 Å². The molecule has 1 aliphatic rings. The first kappa shape index (κ1) is 9.32. The molecule has 0 aromatic heterocycles. The molecule has 2 atom stereocenters. The summed E-state index contributed by atoms with van der Waals surface area (Å²) in [6.07, 6.45) is 3.90. The second-order valence-electron chi connectivity index (χ2n) is 3.23. The van der Waals surface area contributed by atoms with Crippen LogP contribution in [0.1, 0.15) is 19.3 Å². The van der Waals surface area contributed by atoms with Gasteiger partial charge in [-0.1, -0.05) is 6.42 Å². The fourth-order valence-electron chi connectivity index (χ4n) is 1.74. The Labute approximate surface area is 73.0 Å². The van der Waals surface area contributed by atoms with Crippen molar-refractivity contribution in [1.29, 1.82) is 0 Å². The summed E-state index contributed by atoms with van der Waals surface area (Å²) in [5, 5.41) is 0. The number of ether oxygens (including phenoxy) is 1. The zero-order valence-corrected chi connectivity index (χ0v) is 7.49. The number of rotatable bonds is 3. The van der Waals surface area contributed by atoms with Gasteiger partial charge in [0.2, 0.25) is 0 Å². The van der Waals surface area contributed by atoms with Crippen molar-refractivity contribution >= 4 is 5.96 Å². The fourth-order valence-corrected chi connectivity index (χ4v) is 1.74. The van der Waals surface area contributed by atoms with Gasteiger partial charge in [-0.05, 0) is 12.8 Å². The standard InChI is InChI=1S/C8H17N3O/c1-12-7-4-2-3-6(7)5-11-8(9)10/h6-7H,2-5H2,1H3,(H4,9,10,11). The van der Waals surface area contributed by atoms with Gasteiger partial charge in [0.1, 0.15) is 0 Å². The second kappa shape index (κ2) is 4.30. The summed E-state index contributed by atoms with van der Waals surface area (Å²) in [4.78, 5) is 4.00. The third kappa shape index (κ3) is 2.37. The third-order valence-electron chi connectivity index (χ3n) is 2.40. The molecule has 1 aliphatic carbocycles. The van der Waals surface area contributed by atoms with Crippen molar-refractivity contribution in [2.45, 2.75) is 25.4 Å². The van der Waals surface area contributed by atoms with E-state index in [1.807, 2.05) is 0 Å². The van der Waals surface area contributed by atoms with Crippen LogP contribution in [0.4, 0.5) is 0 Å². The van der Waals surface area contributed by atoms with E-state index in [1.54, 1.807) is 7.11 Å². The van der Waals surface area contributed by atoms with Crippen LogP contribution in [0, 0.1) is 5.92 Å². The van der Waals surface area contributed by atoms with Gasteiger partial charge in [0.25, 0.3) is 0 Å². The highest BCUT2D eigenvalue weighted by atomic mass is 16.5. The van der Waals surface area contributed by atoms with Gasteiger partial charge >= 0.3 is 0 Å². The molecule has 0 radical (unpaired) electrons. The normalized spacial score (nSPS) is 28.8. The fraction of sp³-hybridized carbons (Fsp3) is 0.875. The Bertz CT molecular complexity index is 166. The lowest BCUT2D eigenvalue weighted by molar-refractivity contribution is 0.0743. The minimum absolute atomic E-state index is 0.178. The molecular formula is C8H17N3O. The van der Waals surface area contributed by atoms with E-state index in [-0.39, 0.29) is 5.96 Å². The van der Waals surface area contributed by atoms with Gasteiger partial charge in [-0.2, -0.15) is 0 Å². The predicted octanol–water partition coefficient (Wildman–Crippen LogP) is 0.0749. The Kier molecular flexibility index (Phi) is 3.34. The molecule has 0 aliphatic heterocycles. The highest BCUT2D eigenvalue weighted by molar-refractivity contribution is 5.75. The first-order valence-electron chi connectivity index (χ1n) is 4.32. The van der Waals surface area contributed by atoms with Gasteiger partial charge in [0.15, 0.2) is 5.96 Å². The number of aliphatic imine (C=N–C) groups is 1. The summed E-state index contributed by atoms with van der Waals surface area (Å²) in [6.45, 7) is 0.709. The van der Waals surface area contributed by atoms with Crippen LogP contribution in [-0.4, -0.2) is 25.7 Å². The first-order chi connectivity index (χ1) is 5.74. The van der Waals surface area contributed by atoms with E-state index < -0.39 is 0 Å². The summed E-state index contributed by atoms with van der Waals surface area (Å²) in [5.41, 5.74) is 10.5. The van der Waals surface area contributed by atoms with Crippen molar-refractivity contribution < 1.29 is 4.74 Å². The monoisotopic (exact) mass is 171 g/mol. The van der Waals surface area contributed by atoms with Crippen LogP contribution in [0.2, 0.25) is 0 Å². The van der Waals surface area contributed by atoms with Gasteiger partial charge in [0, 0.05) is 19.6 Å². The average molecular weight is 171 g/mol. The average Bonchev–Trinajstić information content (AvgIpc) is 2.47. The van der Waals surface area contributed by atoms with Crippen LogP contribution in [0.5, 0.6) is 0 Å². The Hall–Kier alpha value is -0.770. The summed E-state index contributed by atoms with van der Waals surface area (Å²) >= 11 is 0. The maximum atomic E-state index is 5.31. The van der Waals surface area contributed by atoms with Crippen LogP contribution in [0.25, 0.3) is 0 Å². The molecule has 0 amide bonds. The number of methoxy groups -OCH3 is 1. The Balaban J connectivity index is 2.35. The minimum Gasteiger partial charge on any atom is -0.381 e. The van der Waals surface area contributed by atoms with Crippen LogP contribution in [0.15, 0.2) is 4.99 Å². The molecule has 12 heavy (non-hydrogen) atoms. The Morgan fingerprint density at radius 2 is 2.25 bits per heavy atom. The van der Waals surface area contributed by atoms with Crippen molar-refractivity contribution in [3.05, 3.63) is 0 Å². The van der Waals surface area contributed by atoms with Crippen LogP contribution < -0.4 is 11.5 Å². The largest absolute Gasteiger partial charge is 0.381 e. The molecule has 0 bridgehead atoms. The molecule has 0 aromatic rings. The van der Waals surface area contributed by atoms with E-state index in [0.717, 1.165) is 6.42 Å². The molecule has 4 N–H and O–H groups in total. The molecule has 4 nitrogen and oxygen atoms in total. The SMILES string of the molecule is COC1CCCC1CN=C(N)N. The van der Waals surface area contributed by atoms with Gasteiger partial charge in [-0.3, -0.25) is 4.99 Å². The molecule has 4 heteroatoms. The van der Waals surface area contributed by atoms with Crippen molar-refractivity contribution in [3.63, 3.8) is 0 Å². The quantitative estimate of drug-likeness (QED) is 0.466. The lowest BCUT2D eigenvalue weighted by Gasteiger charge is -2.15. The zero-order chi connectivity index (χ0) is 8.97. The van der Waals surface area contributed by atoms with Gasteiger partial charge < -0.3 is 16.2 Å². The molecule has 0 aromatic carbocycles. The topological polar surface area (TPSA) is 73.6 Å². The van der Waals surface area contributed by atoms with Crippen LogP contribution >= 0.6 is 0 Å². The molecule has 1 rings (SSSR count). The number of hydrogen-bond donors (Lipinski definition) is 2. The second-order valence-corrected chi connectivity index (χ2v) is 3.23. The molecule has 1 saturated carbocycles. The Morgan fingerprint density at radius 3 is 2.83 bits per heavy atom. The van der Waals surface area contributed by atoms with Crippen molar-refractivity contribution in [3.8, 4) is 0 Å². The summed E-state index contributed by atoms with van der Waals surface area (Å²) in [7, 11) is 1.75. The third-order valence-corrected chi connectivity index (χ3v) is 2.40. The lowest BCUT2D eigenvalue weighted by atomic mass is 10.1. The molecule has 70 valence electrons. The lowest BCUT2D eigenvalue weighted by Crippen LogP contribution is -2.26. The molecule has 0 saturated heterocycles. The van der Waals surface area contributed by atoms with Crippen molar-refractivity contribution in [2.24, 2.45) is 22.4 Å². The number of nitrogens with zero attached hydrogens (tertiary/aromatic N) is 1. The van der Waals surface area contributed by atoms with E-state index in [0.29, 0.717) is 18.6 Å². The van der Waals surface area contributed by atoms with Crippen molar-refractivity contribution in [2.75, 3.05) is 13.7 Å². The van der Waals surface area contributed by atoms with Gasteiger partial charge in [-0.15, -0.1) is 0 Å². The first-order valence-corrected chi connectivity index (χ1v) is 4.32. The highest BCUT2D eigenvalue weighted by Gasteiger charge is 2.26. The maximum absolute atomic E-state index is 5.31. The number of guanidine groups is 1. The smallest absolute Gasteiger partial charge is 0.185 e. The maximum Gasteiger partial charge on any atom is 0.185 e. The summed E-state index contributed by atoms with van der Waals surface area (Å²) in [5.74, 6) is 0.689. The molecule has 0 spiro atoms. The molecule has 2 unspecified atom stereocenters. The van der Waals surface area contributed by atoms with E-state index in [2.05, 4.69) is 4.99 Å². The number of nitrogens with two attached hydrogens (primary N) is 2. The zero-order valence-electron chi connectivity index (χ0n) is 7.49. The van der Waals surface area contributed by atoms with Crippen molar-refractivity contribution in [1.82, 2.24) is 0 Å². The van der Waals surface area contributed by atoms with E-state index in [9.17, 15) is 0 Å². The van der Waals surface area contributed by atoms with Gasteiger partial charge in [0.05, 0.1) is 6.10 Å². The molecule has 0 heterocycles. The molecular weight excluding hydrogens is 154 g/mol. The predicted molar refractivity (Wildman–Crippen MR) is 48.8 cm³/mol. The van der Waals surface area contributed by atoms with E-state index in [1.165, 1.54) is 12.8 Å². The highest BCUT2D eigenvalue weighted by Crippen LogP contribution is 2.27. The summed E-state index contributed by atoms with van der Waals surface area (Å²) < 4.78 is 5.31. The summed E-state index contributed by atoms with van der Waals surface area (Å²) in [6, 6.07) is 0. The number of hydrogen-bond acceptors (Lipinski definition) is 2. The van der Waals surface area contributed by atoms with Crippen LogP contribution in [0.3, 0.4) is 0 Å². The Morgan fingerprint density at radius 1 is 1.50 bits per heavy atom. The molecule has 1 fully saturated rings. The van der Waals surface area contributed by atoms with E-state index in [4.69, 9.17) is 16.2 Å². The minimum atomic E-state index is 0.178. The van der Waals surface area contributed by atoms with E-state index >= 15 is 0 Å². The van der Waals surface area contributed by atoms with Gasteiger partial charge in [-0.25, -0.2) is 0 Å².